The van der Waals surface area contributed by atoms with Gasteiger partial charge in [-0.1, -0.05) is 46.3 Å². The quantitative estimate of drug-likeness (QED) is 0.364. The minimum absolute atomic E-state index is 0.286. The van der Waals surface area contributed by atoms with Gasteiger partial charge in [-0.05, 0) is 35.9 Å². The number of benzene rings is 2. The van der Waals surface area contributed by atoms with E-state index in [0.29, 0.717) is 5.69 Å². The Morgan fingerprint density at radius 2 is 1.96 bits per heavy atom. The van der Waals surface area contributed by atoms with Crippen LogP contribution in [-0.4, -0.2) is 21.7 Å². The summed E-state index contributed by atoms with van der Waals surface area (Å²) in [5.74, 6) is -0.286. The molecule has 4 aromatic rings. The number of H-pyrrole nitrogens is 1. The van der Waals surface area contributed by atoms with E-state index in [1.165, 1.54) is 0 Å². The molecule has 0 saturated heterocycles. The number of amides is 1. The molecule has 0 aliphatic carbocycles. The van der Waals surface area contributed by atoms with Gasteiger partial charge in [0.05, 0.1) is 11.9 Å². The van der Waals surface area contributed by atoms with Crippen LogP contribution in [0.4, 0.5) is 0 Å². The third-order valence-corrected chi connectivity index (χ3v) is 4.89. The van der Waals surface area contributed by atoms with Crippen LogP contribution >= 0.6 is 15.9 Å². The van der Waals surface area contributed by atoms with Gasteiger partial charge in [-0.3, -0.25) is 4.79 Å². The highest BCUT2D eigenvalue weighted by Gasteiger charge is 2.19. The zero-order valence-corrected chi connectivity index (χ0v) is 16.2. The number of aryl methyl sites for hydroxylation is 1. The molecule has 0 fully saturated rings. The second kappa shape index (κ2) is 7.25. The van der Waals surface area contributed by atoms with E-state index in [-0.39, 0.29) is 5.91 Å². The van der Waals surface area contributed by atoms with Gasteiger partial charge in [0.25, 0.3) is 5.91 Å². The summed E-state index contributed by atoms with van der Waals surface area (Å²) in [5.41, 5.74) is 6.74. The second-order valence-corrected chi connectivity index (χ2v) is 7.09. The average Bonchev–Trinajstić information content (AvgIpc) is 3.25. The molecule has 0 saturated carbocycles. The van der Waals surface area contributed by atoms with Gasteiger partial charge in [0, 0.05) is 34.2 Å². The van der Waals surface area contributed by atoms with Gasteiger partial charge < -0.3 is 9.55 Å². The van der Waals surface area contributed by atoms with Crippen LogP contribution in [-0.2, 0) is 7.05 Å². The smallest absolute Gasteiger partial charge is 0.288 e. The maximum Gasteiger partial charge on any atom is 0.288 e. The normalized spacial score (nSPS) is 11.3. The second-order valence-electron chi connectivity index (χ2n) is 6.17. The van der Waals surface area contributed by atoms with Crippen molar-refractivity contribution >= 4 is 39.0 Å². The third-order valence-electron chi connectivity index (χ3n) is 4.40. The molecule has 27 heavy (non-hydrogen) atoms. The summed E-state index contributed by atoms with van der Waals surface area (Å²) >= 11 is 3.52. The summed E-state index contributed by atoms with van der Waals surface area (Å²) in [6.45, 7) is 0. The van der Waals surface area contributed by atoms with Crippen molar-refractivity contribution in [2.45, 2.75) is 0 Å². The Hall–Kier alpha value is -3.12. The number of hydrogen-bond donors (Lipinski definition) is 2. The van der Waals surface area contributed by atoms with Crippen LogP contribution in [0.3, 0.4) is 0 Å². The predicted octanol–water partition coefficient (Wildman–Crippen LogP) is 4.70. The molecule has 2 aromatic heterocycles. The van der Waals surface area contributed by atoms with Crippen LogP contribution in [0.15, 0.2) is 76.4 Å². The minimum Gasteiger partial charge on any atom is -0.350 e. The molecule has 2 aromatic carbocycles. The van der Waals surface area contributed by atoms with Gasteiger partial charge in [-0.25, -0.2) is 5.43 Å². The molecule has 4 rings (SSSR count). The first kappa shape index (κ1) is 17.3. The summed E-state index contributed by atoms with van der Waals surface area (Å²) in [6.07, 6.45) is 3.55. The number of nitrogens with one attached hydrogen (secondary N) is 2. The van der Waals surface area contributed by atoms with E-state index in [1.54, 1.807) is 6.21 Å². The summed E-state index contributed by atoms with van der Waals surface area (Å²) in [4.78, 5) is 16.1. The Bertz CT molecular complexity index is 1140. The molecular formula is C21H17BrN4O. The maximum absolute atomic E-state index is 12.8. The van der Waals surface area contributed by atoms with Gasteiger partial charge in [-0.2, -0.15) is 5.10 Å². The zero-order valence-electron chi connectivity index (χ0n) is 14.6. The number of nitrogens with zero attached hydrogens (tertiary/aromatic N) is 2. The number of aromatic amines is 1. The van der Waals surface area contributed by atoms with Crippen LogP contribution in [0.2, 0.25) is 0 Å². The number of rotatable bonds is 4. The van der Waals surface area contributed by atoms with E-state index >= 15 is 0 Å². The van der Waals surface area contributed by atoms with E-state index < -0.39 is 0 Å². The fraction of sp³-hybridized carbons (Fsp3) is 0.0476. The van der Waals surface area contributed by atoms with Crippen LogP contribution in [0.25, 0.3) is 22.0 Å². The molecule has 0 radical (unpaired) electrons. The molecule has 134 valence electrons. The Balaban J connectivity index is 1.73. The minimum atomic E-state index is -0.286. The summed E-state index contributed by atoms with van der Waals surface area (Å²) in [5, 5.41) is 5.08. The Kier molecular flexibility index (Phi) is 4.64. The van der Waals surface area contributed by atoms with Crippen LogP contribution in [0.1, 0.15) is 16.2 Å². The monoisotopic (exact) mass is 420 g/mol. The highest BCUT2D eigenvalue weighted by molar-refractivity contribution is 9.10. The van der Waals surface area contributed by atoms with Gasteiger partial charge in [-0.15, -0.1) is 0 Å². The number of hydrazone groups is 1. The van der Waals surface area contributed by atoms with Crippen LogP contribution in [0.5, 0.6) is 0 Å². The fourth-order valence-corrected chi connectivity index (χ4v) is 3.42. The number of carbonyl (C=O) groups is 1. The van der Waals surface area contributed by atoms with E-state index in [4.69, 9.17) is 0 Å². The van der Waals surface area contributed by atoms with Crippen molar-refractivity contribution in [2.75, 3.05) is 0 Å². The molecular weight excluding hydrogens is 404 g/mol. The van der Waals surface area contributed by atoms with Gasteiger partial charge in [0.1, 0.15) is 5.69 Å². The molecule has 2 heterocycles. The average molecular weight is 421 g/mol. The molecule has 5 nitrogen and oxygen atoms in total. The molecule has 1 amide bonds. The topological polar surface area (TPSA) is 62.2 Å². The van der Waals surface area contributed by atoms with Gasteiger partial charge >= 0.3 is 0 Å². The lowest BCUT2D eigenvalue weighted by atomic mass is 10.0. The predicted molar refractivity (Wildman–Crippen MR) is 112 cm³/mol. The van der Waals surface area contributed by atoms with Crippen molar-refractivity contribution in [3.05, 3.63) is 82.7 Å². The molecule has 0 atom stereocenters. The van der Waals surface area contributed by atoms with E-state index in [0.717, 1.165) is 32.2 Å². The summed E-state index contributed by atoms with van der Waals surface area (Å²) in [6, 6.07) is 19.6. The van der Waals surface area contributed by atoms with Crippen molar-refractivity contribution in [3.8, 4) is 11.1 Å². The molecule has 0 aliphatic rings. The zero-order chi connectivity index (χ0) is 18.8. The van der Waals surface area contributed by atoms with Crippen LogP contribution < -0.4 is 5.43 Å². The maximum atomic E-state index is 12.8. The van der Waals surface area contributed by atoms with E-state index in [9.17, 15) is 4.79 Å². The standard InChI is InChI=1S/C21H17BrN4O/c1-26-11-5-8-16(26)13-23-25-21(27)20-19(14-6-3-2-4-7-14)17-12-15(22)9-10-18(17)24-20/h2-13,24H,1H3,(H,25,27)/b23-13+. The number of halogens is 1. The number of aromatic nitrogens is 2. The lowest BCUT2D eigenvalue weighted by Crippen LogP contribution is -2.19. The van der Waals surface area contributed by atoms with Crippen molar-refractivity contribution in [1.82, 2.24) is 15.0 Å². The Labute approximate surface area is 164 Å². The van der Waals surface area contributed by atoms with Gasteiger partial charge in [0.2, 0.25) is 0 Å². The van der Waals surface area contributed by atoms with Crippen molar-refractivity contribution in [1.29, 1.82) is 0 Å². The van der Waals surface area contributed by atoms with E-state index in [2.05, 4.69) is 31.4 Å². The number of carbonyl (C=O) groups excluding carboxylic acids is 1. The first-order valence-electron chi connectivity index (χ1n) is 8.45. The lowest BCUT2D eigenvalue weighted by molar-refractivity contribution is 0.0951. The highest BCUT2D eigenvalue weighted by atomic mass is 79.9. The SMILES string of the molecule is Cn1cccc1/C=N/NC(=O)c1[nH]c2ccc(Br)cc2c1-c1ccccc1. The molecule has 0 spiro atoms. The summed E-state index contributed by atoms with van der Waals surface area (Å²) in [7, 11) is 1.92. The molecule has 0 bridgehead atoms. The highest BCUT2D eigenvalue weighted by Crippen LogP contribution is 2.34. The Morgan fingerprint density at radius 1 is 1.15 bits per heavy atom. The number of hydrogen-bond acceptors (Lipinski definition) is 2. The third kappa shape index (κ3) is 3.44. The first-order chi connectivity index (χ1) is 13.1. The Morgan fingerprint density at radius 3 is 2.70 bits per heavy atom. The first-order valence-corrected chi connectivity index (χ1v) is 9.24. The molecule has 6 heteroatoms. The van der Waals surface area contributed by atoms with Crippen molar-refractivity contribution in [3.63, 3.8) is 0 Å². The van der Waals surface area contributed by atoms with Gasteiger partial charge in [0.15, 0.2) is 0 Å². The largest absolute Gasteiger partial charge is 0.350 e. The lowest BCUT2D eigenvalue weighted by Gasteiger charge is -2.04. The molecule has 2 N–H and O–H groups in total. The van der Waals surface area contributed by atoms with E-state index in [1.807, 2.05) is 78.5 Å². The number of fused-ring (bicyclic) bond motifs is 1. The van der Waals surface area contributed by atoms with Crippen molar-refractivity contribution < 1.29 is 4.79 Å². The summed E-state index contributed by atoms with van der Waals surface area (Å²) < 4.78 is 2.88. The van der Waals surface area contributed by atoms with Crippen molar-refractivity contribution in [2.24, 2.45) is 12.1 Å². The molecule has 0 aliphatic heterocycles. The van der Waals surface area contributed by atoms with Crippen LogP contribution in [0, 0.1) is 0 Å². The molecule has 0 unspecified atom stereocenters. The fourth-order valence-electron chi connectivity index (χ4n) is 3.06.